The lowest BCUT2D eigenvalue weighted by Gasteiger charge is -2.36. The largest absolute Gasteiger partial charge is 0.478 e. The van der Waals surface area contributed by atoms with Crippen LogP contribution in [0.2, 0.25) is 5.02 Å². The van der Waals surface area contributed by atoms with Crippen LogP contribution in [0.25, 0.3) is 0 Å². The second-order valence-electron chi connectivity index (χ2n) is 7.04. The second-order valence-corrected chi connectivity index (χ2v) is 8.30. The third-order valence-corrected chi connectivity index (χ3v) is 6.37. The molecule has 1 heterocycles. The number of hydrogen-bond acceptors (Lipinski definition) is 4. The number of carboxylic acids is 2. The van der Waals surface area contributed by atoms with Crippen LogP contribution >= 0.6 is 27.5 Å². The molecule has 158 valence electrons. The molecule has 1 aromatic carbocycles. The number of carbonyl (C=O) groups excluding carboxylic acids is 1. The van der Waals surface area contributed by atoms with Gasteiger partial charge in [-0.2, -0.15) is 0 Å². The third-order valence-electron chi connectivity index (χ3n) is 5.16. The Morgan fingerprint density at radius 1 is 1.31 bits per heavy atom. The van der Waals surface area contributed by atoms with Gasteiger partial charge in [-0.05, 0) is 79.9 Å². The monoisotopic (exact) mass is 486 g/mol. The van der Waals surface area contributed by atoms with E-state index >= 15 is 0 Å². The highest BCUT2D eigenvalue weighted by Crippen LogP contribution is 2.34. The number of piperidine rings is 1. The molecule has 1 atom stereocenters. The Balaban J connectivity index is 2.49. The average molecular weight is 488 g/mol. The molecule has 1 fully saturated rings. The van der Waals surface area contributed by atoms with Gasteiger partial charge in [-0.25, -0.2) is 9.59 Å². The summed E-state index contributed by atoms with van der Waals surface area (Å²) in [6.45, 7) is 3.52. The Morgan fingerprint density at radius 3 is 2.41 bits per heavy atom. The molecule has 0 radical (unpaired) electrons. The van der Waals surface area contributed by atoms with Crippen molar-refractivity contribution in [1.29, 1.82) is 0 Å². The number of anilines is 1. The van der Waals surface area contributed by atoms with Crippen LogP contribution in [0.5, 0.6) is 0 Å². The highest BCUT2D eigenvalue weighted by molar-refractivity contribution is 9.10. The molecule has 9 heteroatoms. The Hall–Kier alpha value is -1.90. The van der Waals surface area contributed by atoms with Crippen molar-refractivity contribution >= 4 is 51.1 Å². The van der Waals surface area contributed by atoms with Crippen molar-refractivity contribution in [3.8, 4) is 0 Å². The number of nitrogens with zero attached hydrogens (tertiary/aromatic N) is 2. The Bertz CT molecular complexity index is 821. The fourth-order valence-corrected chi connectivity index (χ4v) is 4.14. The first-order chi connectivity index (χ1) is 13.6. The summed E-state index contributed by atoms with van der Waals surface area (Å²) in [5.74, 6) is -4.51. The molecule has 1 amide bonds. The number of benzene rings is 1. The summed E-state index contributed by atoms with van der Waals surface area (Å²) in [7, 11) is 1.96. The Labute approximate surface area is 183 Å². The minimum Gasteiger partial charge on any atom is -0.478 e. The molecule has 0 saturated carbocycles. The van der Waals surface area contributed by atoms with E-state index in [1.165, 1.54) is 4.90 Å². The maximum Gasteiger partial charge on any atom is 0.332 e. The molecule has 7 nitrogen and oxygen atoms in total. The fraction of sp³-hybridized carbons (Fsp3) is 0.450. The summed E-state index contributed by atoms with van der Waals surface area (Å²) in [5.41, 5.74) is 0.176. The number of halogens is 2. The minimum atomic E-state index is -1.39. The van der Waals surface area contributed by atoms with Crippen molar-refractivity contribution in [2.24, 2.45) is 11.8 Å². The SMILES string of the molecule is CCN(C(=O)C(/C(=C\C(=O)O)C(=O)O)C1CCN(C)CC1)c1ccc(Cl)c(Br)c1. The number of likely N-dealkylation sites (tertiary alicyclic amines) is 1. The lowest BCUT2D eigenvalue weighted by molar-refractivity contribution is -0.137. The van der Waals surface area contributed by atoms with Gasteiger partial charge in [0, 0.05) is 22.8 Å². The van der Waals surface area contributed by atoms with Gasteiger partial charge < -0.3 is 20.0 Å². The maximum atomic E-state index is 13.5. The highest BCUT2D eigenvalue weighted by atomic mass is 79.9. The molecular weight excluding hydrogens is 464 g/mol. The van der Waals surface area contributed by atoms with Crippen molar-refractivity contribution in [2.45, 2.75) is 19.8 Å². The summed E-state index contributed by atoms with van der Waals surface area (Å²) >= 11 is 9.39. The van der Waals surface area contributed by atoms with Crippen molar-refractivity contribution in [2.75, 3.05) is 31.6 Å². The lowest BCUT2D eigenvalue weighted by Crippen LogP contribution is -2.44. The Kier molecular flexibility index (Phi) is 8.24. The molecule has 1 saturated heterocycles. The molecule has 1 aliphatic heterocycles. The summed E-state index contributed by atoms with van der Waals surface area (Å²) < 4.78 is 0.610. The fourth-order valence-electron chi connectivity index (χ4n) is 3.65. The zero-order valence-corrected chi connectivity index (χ0v) is 18.6. The van der Waals surface area contributed by atoms with Gasteiger partial charge in [0.15, 0.2) is 0 Å². The molecule has 0 aliphatic carbocycles. The van der Waals surface area contributed by atoms with Crippen LogP contribution in [-0.2, 0) is 14.4 Å². The van der Waals surface area contributed by atoms with Gasteiger partial charge in [-0.3, -0.25) is 4.79 Å². The Morgan fingerprint density at radius 2 is 1.93 bits per heavy atom. The van der Waals surface area contributed by atoms with E-state index in [2.05, 4.69) is 20.8 Å². The van der Waals surface area contributed by atoms with E-state index in [4.69, 9.17) is 11.6 Å². The van der Waals surface area contributed by atoms with Crippen LogP contribution in [0.4, 0.5) is 5.69 Å². The predicted octanol–water partition coefficient (Wildman–Crippen LogP) is 3.51. The van der Waals surface area contributed by atoms with E-state index in [-0.39, 0.29) is 11.5 Å². The van der Waals surface area contributed by atoms with Crippen LogP contribution in [0.3, 0.4) is 0 Å². The van der Waals surface area contributed by atoms with E-state index in [0.29, 0.717) is 53.7 Å². The molecule has 29 heavy (non-hydrogen) atoms. The molecule has 1 aliphatic rings. The lowest BCUT2D eigenvalue weighted by atomic mass is 9.78. The molecule has 1 aromatic rings. The van der Waals surface area contributed by atoms with Crippen LogP contribution < -0.4 is 4.90 Å². The van der Waals surface area contributed by atoms with Crippen molar-refractivity contribution in [3.05, 3.63) is 39.3 Å². The topological polar surface area (TPSA) is 98.2 Å². The van der Waals surface area contributed by atoms with Crippen molar-refractivity contribution in [3.63, 3.8) is 0 Å². The third kappa shape index (κ3) is 5.81. The standard InChI is InChI=1S/C20H24BrClN2O5/c1-3-24(13-4-5-16(22)15(21)10-13)19(27)18(12-6-8-23(2)9-7-12)14(20(28)29)11-17(25)26/h4-5,10-12,18H,3,6-9H2,1-2H3,(H,25,26)(H,28,29)/b14-11+. The summed E-state index contributed by atoms with van der Waals surface area (Å²) in [5, 5.41) is 19.4. The quantitative estimate of drug-likeness (QED) is 0.571. The maximum absolute atomic E-state index is 13.5. The molecule has 1 unspecified atom stereocenters. The smallest absolute Gasteiger partial charge is 0.332 e. The number of hydrogen-bond donors (Lipinski definition) is 2. The first-order valence-corrected chi connectivity index (χ1v) is 10.5. The van der Waals surface area contributed by atoms with E-state index < -0.39 is 23.8 Å². The second kappa shape index (κ2) is 10.2. The van der Waals surface area contributed by atoms with Crippen molar-refractivity contribution < 1.29 is 24.6 Å². The molecule has 2 N–H and O–H groups in total. The minimum absolute atomic E-state index is 0.259. The molecule has 0 bridgehead atoms. The molecular formula is C20H24BrClN2O5. The van der Waals surface area contributed by atoms with Crippen LogP contribution in [0, 0.1) is 11.8 Å². The predicted molar refractivity (Wildman–Crippen MR) is 114 cm³/mol. The normalized spacial score (nSPS) is 17.0. The van der Waals surface area contributed by atoms with Gasteiger partial charge in [0.2, 0.25) is 5.91 Å². The van der Waals surface area contributed by atoms with Gasteiger partial charge in [0.25, 0.3) is 0 Å². The van der Waals surface area contributed by atoms with E-state index in [1.54, 1.807) is 25.1 Å². The zero-order valence-electron chi connectivity index (χ0n) is 16.3. The summed E-state index contributed by atoms with van der Waals surface area (Å²) in [4.78, 5) is 40.3. The molecule has 2 rings (SSSR count). The van der Waals surface area contributed by atoms with Gasteiger partial charge >= 0.3 is 11.9 Å². The zero-order chi connectivity index (χ0) is 21.7. The number of carboxylic acid groups (broad SMARTS) is 2. The number of aliphatic carboxylic acids is 2. The molecule has 0 spiro atoms. The molecule has 0 aromatic heterocycles. The number of rotatable bonds is 7. The van der Waals surface area contributed by atoms with Gasteiger partial charge in [0.1, 0.15) is 0 Å². The van der Waals surface area contributed by atoms with E-state index in [1.807, 2.05) is 7.05 Å². The summed E-state index contributed by atoms with van der Waals surface area (Å²) in [6, 6.07) is 5.02. The average Bonchev–Trinajstić information content (AvgIpc) is 2.65. The van der Waals surface area contributed by atoms with E-state index in [9.17, 15) is 24.6 Å². The van der Waals surface area contributed by atoms with E-state index in [0.717, 1.165) is 0 Å². The van der Waals surface area contributed by atoms with Crippen LogP contribution in [0.1, 0.15) is 19.8 Å². The van der Waals surface area contributed by atoms with Gasteiger partial charge in [-0.15, -0.1) is 0 Å². The number of carbonyl (C=O) groups is 3. The number of amides is 1. The van der Waals surface area contributed by atoms with Crippen molar-refractivity contribution in [1.82, 2.24) is 4.90 Å². The van der Waals surface area contributed by atoms with Gasteiger partial charge in [0.05, 0.1) is 16.5 Å². The van der Waals surface area contributed by atoms with Crippen LogP contribution in [-0.4, -0.2) is 59.6 Å². The van der Waals surface area contributed by atoms with Crippen LogP contribution in [0.15, 0.2) is 34.3 Å². The van der Waals surface area contributed by atoms with Gasteiger partial charge in [-0.1, -0.05) is 11.6 Å². The first kappa shape index (κ1) is 23.4. The highest BCUT2D eigenvalue weighted by Gasteiger charge is 2.39. The first-order valence-electron chi connectivity index (χ1n) is 9.28. The summed E-state index contributed by atoms with van der Waals surface area (Å²) in [6.07, 6.45) is 1.87.